The van der Waals surface area contributed by atoms with Crippen molar-refractivity contribution in [2.24, 2.45) is 0 Å². The Balaban J connectivity index is 1.81. The molecular weight excluding hydrogens is 332 g/mol. The first-order valence-corrected chi connectivity index (χ1v) is 7.75. The highest BCUT2D eigenvalue weighted by molar-refractivity contribution is 9.10. The summed E-state index contributed by atoms with van der Waals surface area (Å²) in [6.07, 6.45) is 0.900. The largest absolute Gasteiger partial charge is 0.452 e. The van der Waals surface area contributed by atoms with Crippen molar-refractivity contribution in [3.63, 3.8) is 0 Å². The summed E-state index contributed by atoms with van der Waals surface area (Å²) in [6, 6.07) is 9.67. The number of fused-ring (bicyclic) bond motifs is 1. The maximum absolute atomic E-state index is 12.7. The lowest BCUT2D eigenvalue weighted by Gasteiger charge is -2.23. The van der Waals surface area contributed by atoms with Gasteiger partial charge in [0, 0.05) is 19.2 Å². The lowest BCUT2D eigenvalue weighted by atomic mass is 9.95. The molecule has 1 aromatic carbocycles. The zero-order valence-electron chi connectivity index (χ0n) is 11.9. The summed E-state index contributed by atoms with van der Waals surface area (Å²) in [5.41, 5.74) is 3.21. The minimum Gasteiger partial charge on any atom is -0.452 e. The van der Waals surface area contributed by atoms with Crippen LogP contribution in [0.1, 0.15) is 27.2 Å². The maximum Gasteiger partial charge on any atom is 0.254 e. The van der Waals surface area contributed by atoms with Crippen LogP contribution in [0, 0.1) is 0 Å². The molecule has 0 unspecified atom stereocenters. The van der Waals surface area contributed by atoms with Gasteiger partial charge < -0.3 is 14.6 Å². The van der Waals surface area contributed by atoms with Gasteiger partial charge >= 0.3 is 0 Å². The van der Waals surface area contributed by atoms with E-state index in [1.165, 1.54) is 11.1 Å². The van der Waals surface area contributed by atoms with Gasteiger partial charge in [0.2, 0.25) is 0 Å². The SMILES string of the molecule is CN(Cc1ccc(Br)o1)C(=O)c1cccc2c1CCNC2. The average Bonchev–Trinajstić information content (AvgIpc) is 2.91. The topological polar surface area (TPSA) is 45.5 Å². The minimum atomic E-state index is 0.0428. The first kappa shape index (κ1) is 14.4. The minimum absolute atomic E-state index is 0.0428. The number of halogens is 1. The third-order valence-corrected chi connectivity index (χ3v) is 4.17. The highest BCUT2D eigenvalue weighted by Gasteiger charge is 2.20. The second-order valence-electron chi connectivity index (χ2n) is 5.24. The molecule has 1 aliphatic heterocycles. The molecule has 1 aliphatic rings. The molecule has 4 nitrogen and oxygen atoms in total. The van der Waals surface area contributed by atoms with E-state index in [1.54, 1.807) is 11.9 Å². The standard InChI is InChI=1S/C16H17BrN2O2/c1-19(10-12-5-6-15(17)21-12)16(20)14-4-2-3-11-9-18-8-7-13(11)14/h2-6,18H,7-10H2,1H3. The fourth-order valence-electron chi connectivity index (χ4n) is 2.68. The van der Waals surface area contributed by atoms with E-state index in [1.807, 2.05) is 24.3 Å². The highest BCUT2D eigenvalue weighted by atomic mass is 79.9. The monoisotopic (exact) mass is 348 g/mol. The van der Waals surface area contributed by atoms with Crippen LogP contribution in [0.25, 0.3) is 0 Å². The van der Waals surface area contributed by atoms with Crippen LogP contribution in [-0.2, 0) is 19.5 Å². The van der Waals surface area contributed by atoms with Crippen molar-refractivity contribution in [3.05, 3.63) is 57.5 Å². The number of carbonyl (C=O) groups is 1. The number of nitrogens with zero attached hydrogens (tertiary/aromatic N) is 1. The average molecular weight is 349 g/mol. The third-order valence-electron chi connectivity index (χ3n) is 3.74. The summed E-state index contributed by atoms with van der Waals surface area (Å²) in [5, 5.41) is 3.33. The first-order valence-electron chi connectivity index (χ1n) is 6.96. The zero-order chi connectivity index (χ0) is 14.8. The normalized spacial score (nSPS) is 13.8. The molecule has 0 fully saturated rings. The Labute approximate surface area is 132 Å². The number of benzene rings is 1. The fraction of sp³-hybridized carbons (Fsp3) is 0.312. The number of furan rings is 1. The van der Waals surface area contributed by atoms with Crippen LogP contribution in [0.5, 0.6) is 0 Å². The van der Waals surface area contributed by atoms with Gasteiger partial charge in [0.1, 0.15) is 5.76 Å². The fourth-order valence-corrected chi connectivity index (χ4v) is 3.02. The van der Waals surface area contributed by atoms with Crippen molar-refractivity contribution in [1.29, 1.82) is 0 Å². The first-order chi connectivity index (χ1) is 10.1. The molecule has 1 aromatic heterocycles. The Morgan fingerprint density at radius 1 is 1.38 bits per heavy atom. The summed E-state index contributed by atoms with van der Waals surface area (Å²) in [5.74, 6) is 0.811. The molecule has 0 saturated carbocycles. The molecule has 0 aliphatic carbocycles. The molecular formula is C16H17BrN2O2. The highest BCUT2D eigenvalue weighted by Crippen LogP contribution is 2.21. The van der Waals surface area contributed by atoms with E-state index in [4.69, 9.17) is 4.42 Å². The lowest BCUT2D eigenvalue weighted by Crippen LogP contribution is -2.30. The number of hydrogen-bond acceptors (Lipinski definition) is 3. The Bertz CT molecular complexity index is 666. The van der Waals surface area contributed by atoms with E-state index in [-0.39, 0.29) is 5.91 Å². The van der Waals surface area contributed by atoms with E-state index >= 15 is 0 Å². The van der Waals surface area contributed by atoms with Crippen molar-refractivity contribution in [2.75, 3.05) is 13.6 Å². The Kier molecular flexibility index (Phi) is 4.12. The summed E-state index contributed by atoms with van der Waals surface area (Å²) < 4.78 is 6.15. The lowest BCUT2D eigenvalue weighted by molar-refractivity contribution is 0.0773. The van der Waals surface area contributed by atoms with Gasteiger partial charge in [0.15, 0.2) is 4.67 Å². The van der Waals surface area contributed by atoms with Crippen LogP contribution < -0.4 is 5.32 Å². The Morgan fingerprint density at radius 2 is 2.24 bits per heavy atom. The molecule has 0 spiro atoms. The van der Waals surface area contributed by atoms with Crippen LogP contribution in [0.3, 0.4) is 0 Å². The van der Waals surface area contributed by atoms with Crippen LogP contribution >= 0.6 is 15.9 Å². The van der Waals surface area contributed by atoms with Crippen LogP contribution in [0.4, 0.5) is 0 Å². The molecule has 0 atom stereocenters. The van der Waals surface area contributed by atoms with E-state index in [9.17, 15) is 4.79 Å². The van der Waals surface area contributed by atoms with Gasteiger partial charge in [-0.1, -0.05) is 12.1 Å². The van der Waals surface area contributed by atoms with Crippen molar-refractivity contribution in [3.8, 4) is 0 Å². The molecule has 0 bridgehead atoms. The van der Waals surface area contributed by atoms with E-state index in [0.717, 1.165) is 30.8 Å². The quantitative estimate of drug-likeness (QED) is 0.927. The Hall–Kier alpha value is -1.59. The van der Waals surface area contributed by atoms with Crippen molar-refractivity contribution in [1.82, 2.24) is 10.2 Å². The molecule has 1 N–H and O–H groups in total. The van der Waals surface area contributed by atoms with E-state index in [0.29, 0.717) is 11.2 Å². The predicted molar refractivity (Wildman–Crippen MR) is 84.1 cm³/mol. The molecule has 2 heterocycles. The summed E-state index contributed by atoms with van der Waals surface area (Å²) >= 11 is 3.28. The second kappa shape index (κ2) is 6.03. The molecule has 0 radical (unpaired) electrons. The van der Waals surface area contributed by atoms with Gasteiger partial charge in [-0.05, 0) is 58.2 Å². The molecule has 110 valence electrons. The maximum atomic E-state index is 12.7. The van der Waals surface area contributed by atoms with Crippen LogP contribution in [0.15, 0.2) is 39.4 Å². The molecule has 0 saturated heterocycles. The predicted octanol–water partition coefficient (Wildman–Crippen LogP) is 2.96. The van der Waals surface area contributed by atoms with Crippen molar-refractivity contribution in [2.45, 2.75) is 19.5 Å². The Morgan fingerprint density at radius 3 is 3.00 bits per heavy atom. The van der Waals surface area contributed by atoms with Gasteiger partial charge in [-0.2, -0.15) is 0 Å². The zero-order valence-corrected chi connectivity index (χ0v) is 13.4. The smallest absolute Gasteiger partial charge is 0.254 e. The molecule has 21 heavy (non-hydrogen) atoms. The van der Waals surface area contributed by atoms with Crippen molar-refractivity contribution >= 4 is 21.8 Å². The molecule has 3 rings (SSSR count). The van der Waals surface area contributed by atoms with E-state index < -0.39 is 0 Å². The number of nitrogens with one attached hydrogen (secondary N) is 1. The third kappa shape index (κ3) is 3.04. The molecule has 1 amide bonds. The molecule has 5 heteroatoms. The van der Waals surface area contributed by atoms with E-state index in [2.05, 4.69) is 27.3 Å². The van der Waals surface area contributed by atoms with Gasteiger partial charge in [-0.3, -0.25) is 4.79 Å². The summed E-state index contributed by atoms with van der Waals surface area (Å²) in [7, 11) is 1.80. The summed E-state index contributed by atoms with van der Waals surface area (Å²) in [6.45, 7) is 2.23. The number of hydrogen-bond donors (Lipinski definition) is 1. The van der Waals surface area contributed by atoms with Crippen molar-refractivity contribution < 1.29 is 9.21 Å². The van der Waals surface area contributed by atoms with Gasteiger partial charge in [-0.15, -0.1) is 0 Å². The number of rotatable bonds is 3. The second-order valence-corrected chi connectivity index (χ2v) is 6.02. The summed E-state index contributed by atoms with van der Waals surface area (Å²) in [4.78, 5) is 14.4. The van der Waals surface area contributed by atoms with Gasteiger partial charge in [0.25, 0.3) is 5.91 Å². The van der Waals surface area contributed by atoms with Gasteiger partial charge in [-0.25, -0.2) is 0 Å². The van der Waals surface area contributed by atoms with Gasteiger partial charge in [0.05, 0.1) is 6.54 Å². The molecule has 2 aromatic rings. The number of carbonyl (C=O) groups excluding carboxylic acids is 1. The van der Waals surface area contributed by atoms with Crippen LogP contribution in [0.2, 0.25) is 0 Å². The number of amides is 1. The van der Waals surface area contributed by atoms with Crippen LogP contribution in [-0.4, -0.2) is 24.4 Å².